The highest BCUT2D eigenvalue weighted by molar-refractivity contribution is 7.80. The smallest absolute Gasteiger partial charge is 0.208 e. The predicted octanol–water partition coefficient (Wildman–Crippen LogP) is 2.66. The van der Waals surface area contributed by atoms with Gasteiger partial charge in [0.1, 0.15) is 11.6 Å². The van der Waals surface area contributed by atoms with Crippen molar-refractivity contribution in [3.05, 3.63) is 30.1 Å². The number of hydrogen-bond acceptors (Lipinski definition) is 5. The van der Waals surface area contributed by atoms with Gasteiger partial charge in [0.25, 0.3) is 0 Å². The van der Waals surface area contributed by atoms with Crippen molar-refractivity contribution in [3.63, 3.8) is 0 Å². The molecule has 0 atom stereocenters. The first-order valence-corrected chi connectivity index (χ1v) is 6.38. The first-order chi connectivity index (χ1) is 8.69. The fraction of sp³-hybridized carbons (Fsp3) is 0.182. The van der Waals surface area contributed by atoms with Crippen LogP contribution in [-0.2, 0) is 0 Å². The minimum absolute atomic E-state index is 0.454. The summed E-state index contributed by atoms with van der Waals surface area (Å²) < 4.78 is 9.29. The van der Waals surface area contributed by atoms with E-state index in [-0.39, 0.29) is 0 Å². The zero-order chi connectivity index (χ0) is 13.0. The van der Waals surface area contributed by atoms with Crippen molar-refractivity contribution in [2.45, 2.75) is 6.92 Å². The number of nitrogens with one attached hydrogen (secondary N) is 2. The van der Waals surface area contributed by atoms with Crippen LogP contribution in [0.3, 0.4) is 0 Å². The number of methoxy groups -OCH3 is 1. The highest BCUT2D eigenvalue weighted by Gasteiger charge is 2.06. The van der Waals surface area contributed by atoms with Crippen molar-refractivity contribution in [1.82, 2.24) is 9.36 Å². The molecule has 0 saturated carbocycles. The molecule has 0 aliphatic rings. The topological polar surface area (TPSA) is 59.1 Å². The minimum atomic E-state index is 0.454. The highest BCUT2D eigenvalue weighted by atomic mass is 32.1. The monoisotopic (exact) mass is 280 g/mol. The molecule has 2 N–H and O–H groups in total. The molecule has 5 nitrogen and oxygen atoms in total. The van der Waals surface area contributed by atoms with Crippen LogP contribution in [-0.4, -0.2) is 21.6 Å². The second-order valence-electron chi connectivity index (χ2n) is 3.43. The van der Waals surface area contributed by atoms with Crippen LogP contribution in [0.2, 0.25) is 0 Å². The molecular weight excluding hydrogens is 268 g/mol. The van der Waals surface area contributed by atoms with Crippen molar-refractivity contribution in [1.29, 1.82) is 0 Å². The number of hydrogen-bond donors (Lipinski definition) is 2. The Morgan fingerprint density at radius 2 is 2.11 bits per heavy atom. The number of rotatable bonds is 3. The van der Waals surface area contributed by atoms with Crippen molar-refractivity contribution >= 4 is 39.7 Å². The van der Waals surface area contributed by atoms with E-state index in [2.05, 4.69) is 20.0 Å². The number of ether oxygens (including phenoxy) is 1. The Morgan fingerprint density at radius 1 is 1.33 bits per heavy atom. The van der Waals surface area contributed by atoms with Gasteiger partial charge in [-0.3, -0.25) is 0 Å². The molecule has 0 fully saturated rings. The van der Waals surface area contributed by atoms with Crippen LogP contribution < -0.4 is 15.4 Å². The summed E-state index contributed by atoms with van der Waals surface area (Å²) in [5, 5.41) is 7.15. The Morgan fingerprint density at radius 3 is 2.78 bits per heavy atom. The van der Waals surface area contributed by atoms with Gasteiger partial charge in [-0.05, 0) is 31.3 Å². The van der Waals surface area contributed by atoms with Crippen LogP contribution in [0.5, 0.6) is 5.75 Å². The molecule has 94 valence electrons. The third-order valence-corrected chi connectivity index (χ3v) is 3.03. The predicted molar refractivity (Wildman–Crippen MR) is 77.5 cm³/mol. The third kappa shape index (κ3) is 3.14. The van der Waals surface area contributed by atoms with Crippen LogP contribution in [0.15, 0.2) is 24.3 Å². The number of aryl methyl sites for hydroxylation is 1. The summed E-state index contributed by atoms with van der Waals surface area (Å²) in [5.74, 6) is 1.46. The molecule has 2 aromatic rings. The van der Waals surface area contributed by atoms with Gasteiger partial charge in [-0.2, -0.15) is 4.37 Å². The fourth-order valence-corrected chi connectivity index (χ4v) is 2.20. The van der Waals surface area contributed by atoms with Gasteiger partial charge in [-0.25, -0.2) is 4.98 Å². The van der Waals surface area contributed by atoms with Gasteiger partial charge < -0.3 is 15.4 Å². The van der Waals surface area contributed by atoms with Crippen LogP contribution in [0.4, 0.5) is 10.8 Å². The van der Waals surface area contributed by atoms with E-state index in [0.29, 0.717) is 10.2 Å². The lowest BCUT2D eigenvalue weighted by atomic mass is 10.3. The average Bonchev–Trinajstić information content (AvgIpc) is 2.75. The normalized spacial score (nSPS) is 9.89. The second-order valence-corrected chi connectivity index (χ2v) is 4.59. The number of benzene rings is 1. The maximum atomic E-state index is 5.23. The molecule has 0 unspecified atom stereocenters. The quantitative estimate of drug-likeness (QED) is 0.843. The van der Waals surface area contributed by atoms with Crippen LogP contribution >= 0.6 is 23.8 Å². The first-order valence-electron chi connectivity index (χ1n) is 5.20. The summed E-state index contributed by atoms with van der Waals surface area (Å²) in [6.45, 7) is 1.83. The lowest BCUT2D eigenvalue weighted by Gasteiger charge is -2.11. The molecule has 0 bridgehead atoms. The van der Waals surface area contributed by atoms with Crippen LogP contribution in [0.1, 0.15) is 5.82 Å². The van der Waals surface area contributed by atoms with Crippen LogP contribution in [0, 0.1) is 6.92 Å². The van der Waals surface area contributed by atoms with Gasteiger partial charge >= 0.3 is 0 Å². The van der Waals surface area contributed by atoms with E-state index in [1.165, 1.54) is 11.5 Å². The maximum absolute atomic E-state index is 5.23. The average molecular weight is 280 g/mol. The van der Waals surface area contributed by atoms with Gasteiger partial charge in [-0.1, -0.05) is 12.1 Å². The van der Waals surface area contributed by atoms with E-state index in [4.69, 9.17) is 17.0 Å². The van der Waals surface area contributed by atoms with Gasteiger partial charge in [0.15, 0.2) is 5.11 Å². The number of thiocarbonyl (C=S) groups is 1. The lowest BCUT2D eigenvalue weighted by Crippen LogP contribution is -2.19. The molecule has 1 aromatic carbocycles. The van der Waals surface area contributed by atoms with E-state index in [1.54, 1.807) is 7.11 Å². The molecule has 2 rings (SSSR count). The minimum Gasteiger partial charge on any atom is -0.495 e. The SMILES string of the molecule is COc1ccccc1NC(=S)Nc1nc(C)ns1. The maximum Gasteiger partial charge on any atom is 0.208 e. The standard InChI is InChI=1S/C11H12N4OS2/c1-7-12-11(18-15-7)14-10(17)13-8-5-3-4-6-9(8)16-2/h3-6H,1-2H3,(H2,12,13,14,15,17). The molecule has 0 aliphatic carbocycles. The molecule has 0 saturated heterocycles. The summed E-state index contributed by atoms with van der Waals surface area (Å²) in [6, 6.07) is 7.55. The van der Waals surface area contributed by atoms with E-state index < -0.39 is 0 Å². The Labute approximate surface area is 114 Å². The number of nitrogens with zero attached hydrogens (tertiary/aromatic N) is 2. The number of para-hydroxylation sites is 2. The second kappa shape index (κ2) is 5.74. The summed E-state index contributed by atoms with van der Waals surface area (Å²) in [6.07, 6.45) is 0. The molecule has 7 heteroatoms. The summed E-state index contributed by atoms with van der Waals surface area (Å²) >= 11 is 6.46. The van der Waals surface area contributed by atoms with Gasteiger partial charge in [0.05, 0.1) is 12.8 Å². The van der Waals surface area contributed by atoms with Gasteiger partial charge in [0.2, 0.25) is 5.13 Å². The summed E-state index contributed by atoms with van der Waals surface area (Å²) in [7, 11) is 1.62. The van der Waals surface area contributed by atoms with E-state index in [9.17, 15) is 0 Å². The highest BCUT2D eigenvalue weighted by Crippen LogP contribution is 2.23. The first kappa shape index (κ1) is 12.7. The zero-order valence-corrected chi connectivity index (χ0v) is 11.6. The lowest BCUT2D eigenvalue weighted by molar-refractivity contribution is 0.417. The Kier molecular flexibility index (Phi) is 4.06. The molecule has 0 aliphatic heterocycles. The fourth-order valence-electron chi connectivity index (χ4n) is 1.35. The zero-order valence-electron chi connectivity index (χ0n) is 9.93. The van der Waals surface area contributed by atoms with Gasteiger partial charge in [-0.15, -0.1) is 0 Å². The van der Waals surface area contributed by atoms with E-state index in [0.717, 1.165) is 17.3 Å². The molecular formula is C11H12N4OS2. The Bertz CT molecular complexity index is 555. The molecule has 0 spiro atoms. The summed E-state index contributed by atoms with van der Waals surface area (Å²) in [5.41, 5.74) is 0.804. The molecule has 1 heterocycles. The van der Waals surface area contributed by atoms with E-state index >= 15 is 0 Å². The van der Waals surface area contributed by atoms with Crippen LogP contribution in [0.25, 0.3) is 0 Å². The van der Waals surface area contributed by atoms with Crippen molar-refractivity contribution in [2.75, 3.05) is 17.7 Å². The van der Waals surface area contributed by atoms with Crippen molar-refractivity contribution in [3.8, 4) is 5.75 Å². The van der Waals surface area contributed by atoms with Crippen molar-refractivity contribution < 1.29 is 4.74 Å². The van der Waals surface area contributed by atoms with Crippen molar-refractivity contribution in [2.24, 2.45) is 0 Å². The number of anilines is 2. The molecule has 0 amide bonds. The molecule has 0 radical (unpaired) electrons. The number of aromatic nitrogens is 2. The Balaban J connectivity index is 2.03. The van der Waals surface area contributed by atoms with E-state index in [1.807, 2.05) is 31.2 Å². The Hall–Kier alpha value is -1.73. The molecule has 18 heavy (non-hydrogen) atoms. The third-order valence-electron chi connectivity index (χ3n) is 2.10. The van der Waals surface area contributed by atoms with Gasteiger partial charge in [0, 0.05) is 11.5 Å². The summed E-state index contributed by atoms with van der Waals surface area (Å²) in [4.78, 5) is 4.17. The largest absolute Gasteiger partial charge is 0.495 e. The molecule has 1 aromatic heterocycles.